The topological polar surface area (TPSA) is 77.0 Å². The maximum atomic E-state index is 13.6. The van der Waals surface area contributed by atoms with Crippen LogP contribution in [0.3, 0.4) is 0 Å². The summed E-state index contributed by atoms with van der Waals surface area (Å²) in [6, 6.07) is 18.6. The van der Waals surface area contributed by atoms with E-state index in [2.05, 4.69) is 17.1 Å². The summed E-state index contributed by atoms with van der Waals surface area (Å²) in [7, 11) is 0. The average Bonchev–Trinajstić information content (AvgIpc) is 2.79. The zero-order valence-corrected chi connectivity index (χ0v) is 16.5. The number of hydrogen-bond donors (Lipinski definition) is 1. The van der Waals surface area contributed by atoms with E-state index in [0.29, 0.717) is 23.5 Å². The SMILES string of the molecule is C=CCOc1ccc(C(=O)N/N=C/c2ccc(OC(=O)c3ccccc3F)cc2)cc1. The first-order valence-corrected chi connectivity index (χ1v) is 9.31. The van der Waals surface area contributed by atoms with Crippen LogP contribution >= 0.6 is 0 Å². The lowest BCUT2D eigenvalue weighted by Gasteiger charge is -2.05. The molecule has 31 heavy (non-hydrogen) atoms. The van der Waals surface area contributed by atoms with Crippen molar-refractivity contribution >= 4 is 18.1 Å². The normalized spacial score (nSPS) is 10.5. The van der Waals surface area contributed by atoms with Crippen molar-refractivity contribution in [1.29, 1.82) is 0 Å². The highest BCUT2D eigenvalue weighted by atomic mass is 19.1. The lowest BCUT2D eigenvalue weighted by atomic mass is 10.2. The predicted octanol–water partition coefficient (Wildman–Crippen LogP) is 4.37. The van der Waals surface area contributed by atoms with E-state index in [1.807, 2.05) is 0 Å². The largest absolute Gasteiger partial charge is 0.490 e. The van der Waals surface area contributed by atoms with E-state index in [1.54, 1.807) is 60.7 Å². The third-order valence-corrected chi connectivity index (χ3v) is 4.05. The van der Waals surface area contributed by atoms with Gasteiger partial charge in [-0.2, -0.15) is 5.10 Å². The van der Waals surface area contributed by atoms with Crippen molar-refractivity contribution in [2.45, 2.75) is 0 Å². The van der Waals surface area contributed by atoms with Gasteiger partial charge in [0.1, 0.15) is 23.9 Å². The highest BCUT2D eigenvalue weighted by molar-refractivity contribution is 5.95. The van der Waals surface area contributed by atoms with Crippen LogP contribution in [0.2, 0.25) is 0 Å². The Balaban J connectivity index is 1.53. The van der Waals surface area contributed by atoms with Gasteiger partial charge in [0.15, 0.2) is 0 Å². The van der Waals surface area contributed by atoms with Gasteiger partial charge in [-0.05, 0) is 66.2 Å². The number of benzene rings is 3. The van der Waals surface area contributed by atoms with Crippen molar-refractivity contribution in [3.05, 3.63) is 108 Å². The molecule has 0 atom stereocenters. The van der Waals surface area contributed by atoms with Crippen molar-refractivity contribution in [1.82, 2.24) is 5.43 Å². The second kappa shape index (κ2) is 10.5. The average molecular weight is 418 g/mol. The highest BCUT2D eigenvalue weighted by Gasteiger charge is 2.13. The van der Waals surface area contributed by atoms with Gasteiger partial charge in [-0.3, -0.25) is 4.79 Å². The Morgan fingerprint density at radius 3 is 2.32 bits per heavy atom. The zero-order valence-electron chi connectivity index (χ0n) is 16.5. The second-order valence-electron chi connectivity index (χ2n) is 6.26. The molecule has 0 spiro atoms. The molecule has 0 saturated carbocycles. The Bertz CT molecular complexity index is 1090. The number of esters is 1. The van der Waals surface area contributed by atoms with Crippen LogP contribution in [0.1, 0.15) is 26.3 Å². The second-order valence-corrected chi connectivity index (χ2v) is 6.26. The van der Waals surface area contributed by atoms with E-state index in [4.69, 9.17) is 9.47 Å². The molecule has 0 heterocycles. The van der Waals surface area contributed by atoms with Gasteiger partial charge >= 0.3 is 5.97 Å². The number of nitrogens with zero attached hydrogens (tertiary/aromatic N) is 1. The summed E-state index contributed by atoms with van der Waals surface area (Å²) in [4.78, 5) is 24.2. The third kappa shape index (κ3) is 6.11. The van der Waals surface area contributed by atoms with Crippen molar-refractivity contribution in [2.75, 3.05) is 6.61 Å². The molecule has 1 N–H and O–H groups in total. The molecule has 0 aromatic heterocycles. The van der Waals surface area contributed by atoms with Crippen molar-refractivity contribution < 1.29 is 23.5 Å². The molecular weight excluding hydrogens is 399 g/mol. The maximum Gasteiger partial charge on any atom is 0.346 e. The monoisotopic (exact) mass is 418 g/mol. The Kier molecular flexibility index (Phi) is 7.26. The summed E-state index contributed by atoms with van der Waals surface area (Å²) in [5, 5.41) is 3.91. The van der Waals surface area contributed by atoms with Gasteiger partial charge in [-0.15, -0.1) is 0 Å². The molecule has 0 radical (unpaired) electrons. The van der Waals surface area contributed by atoms with Gasteiger partial charge in [0.05, 0.1) is 11.8 Å². The fraction of sp³-hybridized carbons (Fsp3) is 0.0417. The molecule has 0 fully saturated rings. The number of rotatable bonds is 8. The van der Waals surface area contributed by atoms with Gasteiger partial charge in [-0.25, -0.2) is 14.6 Å². The van der Waals surface area contributed by atoms with Crippen LogP contribution in [-0.2, 0) is 0 Å². The number of carbonyl (C=O) groups is 2. The number of carbonyl (C=O) groups excluding carboxylic acids is 2. The van der Waals surface area contributed by atoms with E-state index in [9.17, 15) is 14.0 Å². The van der Waals surface area contributed by atoms with Gasteiger partial charge in [0.2, 0.25) is 0 Å². The van der Waals surface area contributed by atoms with Crippen molar-refractivity contribution in [3.8, 4) is 11.5 Å². The van der Waals surface area contributed by atoms with Gasteiger partial charge in [0.25, 0.3) is 5.91 Å². The summed E-state index contributed by atoms with van der Waals surface area (Å²) in [6.07, 6.45) is 3.08. The number of hydrazone groups is 1. The Morgan fingerprint density at radius 2 is 1.65 bits per heavy atom. The number of hydrogen-bond acceptors (Lipinski definition) is 5. The van der Waals surface area contributed by atoms with Crippen LogP contribution < -0.4 is 14.9 Å². The number of nitrogens with one attached hydrogen (secondary N) is 1. The molecule has 0 aliphatic carbocycles. The molecular formula is C24H19FN2O4. The van der Waals surface area contributed by atoms with Crippen LogP contribution in [-0.4, -0.2) is 24.7 Å². The van der Waals surface area contributed by atoms with Gasteiger partial charge in [-0.1, -0.05) is 24.8 Å². The predicted molar refractivity (Wildman–Crippen MR) is 115 cm³/mol. The summed E-state index contributed by atoms with van der Waals surface area (Å²) >= 11 is 0. The van der Waals surface area contributed by atoms with E-state index in [1.165, 1.54) is 24.4 Å². The molecule has 6 nitrogen and oxygen atoms in total. The highest BCUT2D eigenvalue weighted by Crippen LogP contribution is 2.15. The summed E-state index contributed by atoms with van der Waals surface area (Å²) in [5.74, 6) is -0.912. The molecule has 3 aromatic carbocycles. The minimum atomic E-state index is -0.785. The van der Waals surface area contributed by atoms with Crippen molar-refractivity contribution in [3.63, 3.8) is 0 Å². The third-order valence-electron chi connectivity index (χ3n) is 4.05. The summed E-state index contributed by atoms with van der Waals surface area (Å²) in [5.41, 5.74) is 3.38. The molecule has 1 amide bonds. The van der Waals surface area contributed by atoms with Crippen LogP contribution in [0.25, 0.3) is 0 Å². The van der Waals surface area contributed by atoms with Crippen LogP contribution in [0, 0.1) is 5.82 Å². The first-order chi connectivity index (χ1) is 15.1. The summed E-state index contributed by atoms with van der Waals surface area (Å²) < 4.78 is 24.2. The van der Waals surface area contributed by atoms with Crippen LogP contribution in [0.5, 0.6) is 11.5 Å². The molecule has 0 aliphatic heterocycles. The van der Waals surface area contributed by atoms with Crippen LogP contribution in [0.15, 0.2) is 90.6 Å². The van der Waals surface area contributed by atoms with Gasteiger partial charge < -0.3 is 9.47 Å². The number of halogens is 1. The maximum absolute atomic E-state index is 13.6. The van der Waals surface area contributed by atoms with E-state index in [0.717, 1.165) is 0 Å². The summed E-state index contributed by atoms with van der Waals surface area (Å²) in [6.45, 7) is 3.96. The fourth-order valence-corrected chi connectivity index (χ4v) is 2.50. The molecule has 7 heteroatoms. The molecule has 3 aromatic rings. The lowest BCUT2D eigenvalue weighted by Crippen LogP contribution is -2.17. The molecule has 0 aliphatic rings. The fourth-order valence-electron chi connectivity index (χ4n) is 2.50. The molecule has 3 rings (SSSR count). The minimum absolute atomic E-state index is 0.142. The first-order valence-electron chi connectivity index (χ1n) is 9.31. The van der Waals surface area contributed by atoms with Gasteiger partial charge in [0, 0.05) is 5.56 Å². The van der Waals surface area contributed by atoms with Crippen molar-refractivity contribution in [2.24, 2.45) is 5.10 Å². The molecule has 0 unspecified atom stereocenters. The Labute approximate surface area is 178 Å². The first kappa shape index (κ1) is 21.4. The quantitative estimate of drug-likeness (QED) is 0.194. The lowest BCUT2D eigenvalue weighted by molar-refractivity contribution is 0.0729. The van der Waals surface area contributed by atoms with Crippen LogP contribution in [0.4, 0.5) is 4.39 Å². The number of ether oxygens (including phenoxy) is 2. The zero-order chi connectivity index (χ0) is 22.1. The molecule has 0 saturated heterocycles. The number of amides is 1. The van der Waals surface area contributed by atoms with E-state index in [-0.39, 0.29) is 17.2 Å². The van der Waals surface area contributed by atoms with E-state index < -0.39 is 11.8 Å². The Hall–Kier alpha value is -4.26. The minimum Gasteiger partial charge on any atom is -0.490 e. The molecule has 156 valence electrons. The standard InChI is InChI=1S/C24H19FN2O4/c1-2-15-30-19-13-9-18(10-14-19)23(28)27-26-16-17-7-11-20(12-8-17)31-24(29)21-5-3-4-6-22(21)25/h2-14,16H,1,15H2,(H,27,28)/b26-16+. The smallest absolute Gasteiger partial charge is 0.346 e. The van der Waals surface area contributed by atoms with E-state index >= 15 is 0 Å². The Morgan fingerprint density at radius 1 is 0.968 bits per heavy atom. The molecule has 0 bridgehead atoms.